The highest BCUT2D eigenvalue weighted by molar-refractivity contribution is 5.84. The Morgan fingerprint density at radius 2 is 1.19 bits per heavy atom. The zero-order valence-corrected chi connectivity index (χ0v) is 14.5. The van der Waals surface area contributed by atoms with E-state index in [2.05, 4.69) is 11.2 Å². The Balaban J connectivity index is 2.17. The van der Waals surface area contributed by atoms with Crippen molar-refractivity contribution in [1.29, 1.82) is 0 Å². The molecule has 4 nitrogen and oxygen atoms in total. The van der Waals surface area contributed by atoms with E-state index in [9.17, 15) is 9.90 Å². The van der Waals surface area contributed by atoms with E-state index in [1.54, 1.807) is 10.8 Å². The molecule has 0 amide bonds. The summed E-state index contributed by atoms with van der Waals surface area (Å²) in [5.74, 6) is -1.16. The Labute approximate surface area is 157 Å². The maximum Gasteiger partial charge on any atom is 0.372 e. The normalized spacial score (nSPS) is 11.3. The summed E-state index contributed by atoms with van der Waals surface area (Å²) in [5.41, 5.74) is 1.94. The first kappa shape index (κ1) is 16.8. The van der Waals surface area contributed by atoms with Crippen LogP contribution in [0.5, 0.6) is 0 Å². The molecule has 1 N–H and O–H groups in total. The summed E-state index contributed by atoms with van der Waals surface area (Å²) in [7, 11) is 0. The van der Waals surface area contributed by atoms with Gasteiger partial charge in [0, 0.05) is 6.20 Å². The van der Waals surface area contributed by atoms with Crippen LogP contribution < -0.4 is 0 Å². The molecule has 131 valence electrons. The van der Waals surface area contributed by atoms with Crippen LogP contribution in [0.3, 0.4) is 0 Å². The smallest absolute Gasteiger partial charge is 0.372 e. The van der Waals surface area contributed by atoms with E-state index in [1.807, 2.05) is 91.0 Å². The predicted molar refractivity (Wildman–Crippen MR) is 103 cm³/mol. The van der Waals surface area contributed by atoms with Crippen LogP contribution in [0, 0.1) is 6.20 Å². The Morgan fingerprint density at radius 1 is 0.778 bits per heavy atom. The quantitative estimate of drug-likeness (QED) is 0.547. The lowest BCUT2D eigenvalue weighted by atomic mass is 9.76. The van der Waals surface area contributed by atoms with Gasteiger partial charge in [-0.1, -0.05) is 91.0 Å². The summed E-state index contributed by atoms with van der Waals surface area (Å²) in [6.07, 6.45) is 4.33. The van der Waals surface area contributed by atoms with Gasteiger partial charge in [0.25, 0.3) is 0 Å². The fraction of sp³-hybridized carbons (Fsp3) is 0.0435. The first-order chi connectivity index (χ1) is 13.2. The lowest BCUT2D eigenvalue weighted by Gasteiger charge is -2.38. The molecule has 27 heavy (non-hydrogen) atoms. The fourth-order valence-electron chi connectivity index (χ4n) is 3.62. The number of hydrogen-bond donors (Lipinski definition) is 1. The number of aromatic carboxylic acids is 1. The van der Waals surface area contributed by atoms with Crippen molar-refractivity contribution in [2.24, 2.45) is 0 Å². The van der Waals surface area contributed by atoms with E-state index in [1.165, 1.54) is 0 Å². The van der Waals surface area contributed by atoms with Crippen molar-refractivity contribution in [3.8, 4) is 0 Å². The molecule has 4 aromatic rings. The van der Waals surface area contributed by atoms with Crippen LogP contribution in [0.25, 0.3) is 0 Å². The summed E-state index contributed by atoms with van der Waals surface area (Å²) in [5, 5.41) is 9.76. The van der Waals surface area contributed by atoms with Gasteiger partial charge in [0.15, 0.2) is 0 Å². The van der Waals surface area contributed by atoms with Crippen LogP contribution in [0.15, 0.2) is 97.2 Å². The van der Waals surface area contributed by atoms with Crippen molar-refractivity contribution in [2.45, 2.75) is 5.54 Å². The number of benzene rings is 3. The average Bonchev–Trinajstić information content (AvgIpc) is 3.22. The van der Waals surface area contributed by atoms with Crippen LogP contribution in [0.2, 0.25) is 0 Å². The topological polar surface area (TPSA) is 55.1 Å². The summed E-state index contributed by atoms with van der Waals surface area (Å²) in [6.45, 7) is 0. The minimum absolute atomic E-state index is 0.0634. The first-order valence-corrected chi connectivity index (χ1v) is 8.60. The zero-order valence-electron chi connectivity index (χ0n) is 14.5. The SMILES string of the molecule is O=C(O)c1n[c]cn1C(c1ccccc1)(c1ccccc1)c1ccccc1. The third kappa shape index (κ3) is 2.72. The van der Waals surface area contributed by atoms with Crippen LogP contribution in [-0.2, 0) is 5.54 Å². The van der Waals surface area contributed by atoms with Crippen molar-refractivity contribution >= 4 is 5.97 Å². The summed E-state index contributed by atoms with van der Waals surface area (Å²) in [6, 6.07) is 29.6. The largest absolute Gasteiger partial charge is 0.475 e. The Bertz CT molecular complexity index is 945. The molecule has 1 heterocycles. The Morgan fingerprint density at radius 3 is 1.56 bits per heavy atom. The summed E-state index contributed by atoms with van der Waals surface area (Å²) >= 11 is 0. The van der Waals surface area contributed by atoms with Crippen molar-refractivity contribution in [3.63, 3.8) is 0 Å². The van der Waals surface area contributed by atoms with Gasteiger partial charge < -0.3 is 9.67 Å². The van der Waals surface area contributed by atoms with Gasteiger partial charge in [-0.25, -0.2) is 9.78 Å². The number of aromatic nitrogens is 2. The predicted octanol–water partition coefficient (Wildman–Crippen LogP) is 4.22. The minimum atomic E-state index is -1.09. The van der Waals surface area contributed by atoms with Crippen LogP contribution in [0.1, 0.15) is 27.3 Å². The van der Waals surface area contributed by atoms with Gasteiger partial charge in [-0.15, -0.1) is 0 Å². The molecule has 4 heteroatoms. The van der Waals surface area contributed by atoms with Crippen LogP contribution in [-0.4, -0.2) is 20.6 Å². The maximum absolute atomic E-state index is 11.9. The molecule has 0 saturated heterocycles. The molecule has 0 unspecified atom stereocenters. The van der Waals surface area contributed by atoms with E-state index >= 15 is 0 Å². The molecule has 1 aromatic heterocycles. The molecule has 0 aliphatic heterocycles. The highest BCUT2D eigenvalue weighted by atomic mass is 16.4. The molecule has 0 bridgehead atoms. The third-order valence-corrected chi connectivity index (χ3v) is 4.71. The number of carboxylic acid groups (broad SMARTS) is 1. The molecular weight excluding hydrogens is 336 g/mol. The number of nitrogens with zero attached hydrogens (tertiary/aromatic N) is 2. The number of rotatable bonds is 5. The van der Waals surface area contributed by atoms with E-state index in [0.717, 1.165) is 16.7 Å². The van der Waals surface area contributed by atoms with Gasteiger partial charge in [-0.3, -0.25) is 0 Å². The first-order valence-electron chi connectivity index (χ1n) is 8.60. The van der Waals surface area contributed by atoms with E-state index in [-0.39, 0.29) is 5.82 Å². The standard InChI is InChI=1S/C23H17N2O2/c26-22(27)21-24-16-17-25(21)23(18-10-4-1-5-11-18,19-12-6-2-7-13-19)20-14-8-3-9-15-20/h1-15,17H,(H,26,27). The molecule has 1 radical (unpaired) electrons. The highest BCUT2D eigenvalue weighted by Crippen LogP contribution is 2.41. The second kappa shape index (κ2) is 6.92. The van der Waals surface area contributed by atoms with Gasteiger partial charge in [-0.2, -0.15) is 0 Å². The molecule has 3 aromatic carbocycles. The number of hydrogen-bond acceptors (Lipinski definition) is 2. The van der Waals surface area contributed by atoms with Gasteiger partial charge >= 0.3 is 5.97 Å². The van der Waals surface area contributed by atoms with E-state index < -0.39 is 11.5 Å². The van der Waals surface area contributed by atoms with Gasteiger partial charge in [0.1, 0.15) is 11.7 Å². The highest BCUT2D eigenvalue weighted by Gasteiger charge is 2.40. The van der Waals surface area contributed by atoms with Gasteiger partial charge in [0.2, 0.25) is 5.82 Å². The molecule has 4 rings (SSSR count). The lowest BCUT2D eigenvalue weighted by Crippen LogP contribution is -2.39. The van der Waals surface area contributed by atoms with E-state index in [0.29, 0.717) is 0 Å². The second-order valence-electron chi connectivity index (χ2n) is 6.18. The maximum atomic E-state index is 11.9. The van der Waals surface area contributed by atoms with Gasteiger partial charge in [0.05, 0.1) is 0 Å². The average molecular weight is 353 g/mol. The fourth-order valence-corrected chi connectivity index (χ4v) is 3.62. The molecule has 0 atom stereocenters. The molecule has 0 saturated carbocycles. The Kier molecular flexibility index (Phi) is 4.30. The van der Waals surface area contributed by atoms with Crippen molar-refractivity contribution < 1.29 is 9.90 Å². The minimum Gasteiger partial charge on any atom is -0.475 e. The number of carboxylic acids is 1. The zero-order chi connectivity index (χ0) is 18.7. The Hall–Kier alpha value is -3.66. The molecule has 0 fully saturated rings. The second-order valence-corrected chi connectivity index (χ2v) is 6.18. The van der Waals surface area contributed by atoms with Crippen molar-refractivity contribution in [3.05, 3.63) is 126 Å². The summed E-state index contributed by atoms with van der Waals surface area (Å²) < 4.78 is 1.69. The molecule has 0 aliphatic carbocycles. The monoisotopic (exact) mass is 353 g/mol. The molecule has 0 aliphatic rings. The summed E-state index contributed by atoms with van der Waals surface area (Å²) in [4.78, 5) is 15.9. The van der Waals surface area contributed by atoms with E-state index in [4.69, 9.17) is 0 Å². The molecule has 0 spiro atoms. The van der Waals surface area contributed by atoms with Crippen LogP contribution in [0.4, 0.5) is 0 Å². The number of imidazole rings is 1. The van der Waals surface area contributed by atoms with Crippen molar-refractivity contribution in [2.75, 3.05) is 0 Å². The van der Waals surface area contributed by atoms with Gasteiger partial charge in [-0.05, 0) is 16.7 Å². The number of carbonyl (C=O) groups is 1. The third-order valence-electron chi connectivity index (χ3n) is 4.71. The van der Waals surface area contributed by atoms with Crippen LogP contribution >= 0.6 is 0 Å². The molecular formula is C23H17N2O2. The van der Waals surface area contributed by atoms with Crippen molar-refractivity contribution in [1.82, 2.24) is 9.55 Å². The lowest BCUT2D eigenvalue weighted by molar-refractivity contribution is 0.0675.